The first-order chi connectivity index (χ1) is 15.3. The van der Waals surface area contributed by atoms with E-state index in [2.05, 4.69) is 15.1 Å². The Kier molecular flexibility index (Phi) is 5.93. The number of nitrogens with zero attached hydrogens (tertiary/aromatic N) is 4. The van der Waals surface area contributed by atoms with E-state index in [4.69, 9.17) is 9.26 Å². The second kappa shape index (κ2) is 9.14. The molecule has 7 heteroatoms. The van der Waals surface area contributed by atoms with Gasteiger partial charge in [0.05, 0.1) is 12.1 Å². The lowest BCUT2D eigenvalue weighted by Crippen LogP contribution is -2.30. The van der Waals surface area contributed by atoms with Crippen LogP contribution in [0.1, 0.15) is 66.6 Å². The van der Waals surface area contributed by atoms with E-state index in [0.29, 0.717) is 42.8 Å². The smallest absolute Gasteiger partial charge is 0.254 e. The molecule has 1 saturated heterocycles. The Bertz CT molecular complexity index is 1040. The third kappa shape index (κ3) is 4.46. The molecule has 1 aliphatic carbocycles. The number of rotatable bonds is 7. The fraction of sp³-hybridized carbons (Fsp3) is 0.500. The van der Waals surface area contributed by atoms with Crippen molar-refractivity contribution in [3.63, 3.8) is 0 Å². The zero-order chi connectivity index (χ0) is 21.0. The number of hydrogen-bond donors (Lipinski definition) is 0. The molecule has 2 fully saturated rings. The number of hydrogen-bond acceptors (Lipinski definition) is 6. The van der Waals surface area contributed by atoms with Gasteiger partial charge >= 0.3 is 0 Å². The number of carbonyl (C=O) groups is 1. The van der Waals surface area contributed by atoms with Crippen LogP contribution in [0.3, 0.4) is 0 Å². The molecule has 1 unspecified atom stereocenters. The van der Waals surface area contributed by atoms with Gasteiger partial charge in [-0.1, -0.05) is 24.1 Å². The average molecular weight is 421 g/mol. The molecular weight excluding hydrogens is 392 g/mol. The Labute approximate surface area is 181 Å². The number of benzene rings is 1. The van der Waals surface area contributed by atoms with Crippen LogP contribution in [0, 0.1) is 5.92 Å². The number of likely N-dealkylation sites (tertiary alicyclic amines) is 1. The van der Waals surface area contributed by atoms with E-state index in [1.54, 1.807) is 6.20 Å². The predicted molar refractivity (Wildman–Crippen MR) is 116 cm³/mol. The van der Waals surface area contributed by atoms with Gasteiger partial charge in [0, 0.05) is 36.7 Å². The number of fused-ring (bicyclic) bond motifs is 1. The number of pyridine rings is 1. The van der Waals surface area contributed by atoms with Gasteiger partial charge in [-0.15, -0.1) is 0 Å². The topological polar surface area (TPSA) is 81.4 Å². The maximum Gasteiger partial charge on any atom is 0.254 e. The van der Waals surface area contributed by atoms with Crippen molar-refractivity contribution in [3.05, 3.63) is 53.8 Å². The Morgan fingerprint density at radius 2 is 2.06 bits per heavy atom. The summed E-state index contributed by atoms with van der Waals surface area (Å²) in [5.41, 5.74) is 1.54. The summed E-state index contributed by atoms with van der Waals surface area (Å²) in [5.74, 6) is 1.88. The summed E-state index contributed by atoms with van der Waals surface area (Å²) in [6, 6.07) is 9.32. The first-order valence-electron chi connectivity index (χ1n) is 11.3. The van der Waals surface area contributed by atoms with Gasteiger partial charge in [-0.2, -0.15) is 4.98 Å². The first-order valence-corrected chi connectivity index (χ1v) is 11.3. The highest BCUT2D eigenvalue weighted by Gasteiger charge is 2.34. The van der Waals surface area contributed by atoms with Crippen LogP contribution in [-0.4, -0.2) is 45.7 Å². The average Bonchev–Trinajstić information content (AvgIpc) is 3.57. The molecule has 3 heterocycles. The zero-order valence-electron chi connectivity index (χ0n) is 17.7. The second-order valence-electron chi connectivity index (χ2n) is 8.59. The Hall–Kier alpha value is -2.80. The minimum absolute atomic E-state index is 0.00657. The molecule has 1 aliphatic heterocycles. The van der Waals surface area contributed by atoms with Gasteiger partial charge in [0.25, 0.3) is 5.91 Å². The third-order valence-corrected chi connectivity index (χ3v) is 6.43. The van der Waals surface area contributed by atoms with E-state index in [-0.39, 0.29) is 11.9 Å². The largest absolute Gasteiger partial charge is 0.381 e. The maximum absolute atomic E-state index is 13.2. The fourth-order valence-electron chi connectivity index (χ4n) is 4.74. The molecule has 0 radical (unpaired) electrons. The first kappa shape index (κ1) is 20.1. The maximum atomic E-state index is 13.2. The van der Waals surface area contributed by atoms with Gasteiger partial charge in [-0.05, 0) is 55.9 Å². The summed E-state index contributed by atoms with van der Waals surface area (Å²) < 4.78 is 11.4. The van der Waals surface area contributed by atoms with E-state index >= 15 is 0 Å². The zero-order valence-corrected chi connectivity index (χ0v) is 17.7. The normalized spacial score (nSPS) is 19.5. The van der Waals surface area contributed by atoms with Crippen LogP contribution < -0.4 is 0 Å². The van der Waals surface area contributed by atoms with E-state index in [0.717, 1.165) is 30.4 Å². The second-order valence-corrected chi connectivity index (χ2v) is 8.59. The standard InChI is InChI=1S/C24H28N4O3/c29-24(19-9-10-20-18(15-19)7-3-12-25-20)28-13-4-8-21(28)23-26-22(27-31-23)11-14-30-16-17-5-1-2-6-17/h3,7,9-10,12,15,17,21H,1-2,4-6,8,11,13-14,16H2. The Morgan fingerprint density at radius 1 is 1.16 bits per heavy atom. The SMILES string of the molecule is O=C(c1ccc2ncccc2c1)N1CCCC1c1nc(CCOCC2CCCC2)no1. The molecule has 0 N–H and O–H groups in total. The molecule has 1 amide bonds. The third-order valence-electron chi connectivity index (χ3n) is 6.43. The van der Waals surface area contributed by atoms with E-state index in [1.807, 2.05) is 35.2 Å². The van der Waals surface area contributed by atoms with Crippen LogP contribution >= 0.6 is 0 Å². The van der Waals surface area contributed by atoms with Crippen LogP contribution in [0.2, 0.25) is 0 Å². The lowest BCUT2D eigenvalue weighted by molar-refractivity contribution is 0.0710. The van der Waals surface area contributed by atoms with Gasteiger partial charge in [0.2, 0.25) is 5.89 Å². The lowest BCUT2D eigenvalue weighted by Gasteiger charge is -2.22. The molecule has 1 aromatic carbocycles. The lowest BCUT2D eigenvalue weighted by atomic mass is 10.1. The summed E-state index contributed by atoms with van der Waals surface area (Å²) in [7, 11) is 0. The van der Waals surface area contributed by atoms with Crippen LogP contribution in [0.5, 0.6) is 0 Å². The van der Waals surface area contributed by atoms with Crippen LogP contribution in [-0.2, 0) is 11.2 Å². The highest BCUT2D eigenvalue weighted by Crippen LogP contribution is 2.32. The summed E-state index contributed by atoms with van der Waals surface area (Å²) in [6.45, 7) is 2.13. The molecule has 0 spiro atoms. The van der Waals surface area contributed by atoms with E-state index < -0.39 is 0 Å². The molecule has 0 bridgehead atoms. The minimum atomic E-state index is -0.169. The van der Waals surface area contributed by atoms with Crippen LogP contribution in [0.25, 0.3) is 10.9 Å². The number of amides is 1. The molecule has 3 aromatic rings. The van der Waals surface area contributed by atoms with Crippen molar-refractivity contribution in [2.45, 2.75) is 51.0 Å². The van der Waals surface area contributed by atoms with Gasteiger partial charge in [0.1, 0.15) is 6.04 Å². The van der Waals surface area contributed by atoms with Gasteiger partial charge in [0.15, 0.2) is 5.82 Å². The number of carbonyl (C=O) groups excluding carboxylic acids is 1. The Morgan fingerprint density at radius 3 is 2.97 bits per heavy atom. The fourth-order valence-corrected chi connectivity index (χ4v) is 4.74. The van der Waals surface area contributed by atoms with Crippen molar-refractivity contribution in [1.29, 1.82) is 0 Å². The van der Waals surface area contributed by atoms with Gasteiger partial charge in [-0.25, -0.2) is 0 Å². The molecule has 31 heavy (non-hydrogen) atoms. The molecule has 162 valence electrons. The molecule has 2 aliphatic rings. The van der Waals surface area contributed by atoms with Crippen molar-refractivity contribution >= 4 is 16.8 Å². The predicted octanol–water partition coefficient (Wildman–Crippen LogP) is 4.34. The summed E-state index contributed by atoms with van der Waals surface area (Å²) in [5, 5.41) is 5.09. The van der Waals surface area contributed by atoms with Crippen molar-refractivity contribution in [1.82, 2.24) is 20.0 Å². The van der Waals surface area contributed by atoms with Crippen molar-refractivity contribution in [3.8, 4) is 0 Å². The molecular formula is C24H28N4O3. The van der Waals surface area contributed by atoms with Crippen molar-refractivity contribution in [2.24, 2.45) is 5.92 Å². The van der Waals surface area contributed by atoms with E-state index in [9.17, 15) is 4.79 Å². The molecule has 2 aromatic heterocycles. The molecule has 1 atom stereocenters. The molecule has 5 rings (SSSR count). The van der Waals surface area contributed by atoms with Gasteiger partial charge in [-0.3, -0.25) is 9.78 Å². The summed E-state index contributed by atoms with van der Waals surface area (Å²) in [6.07, 6.45) is 9.37. The number of aromatic nitrogens is 3. The van der Waals surface area contributed by atoms with E-state index in [1.165, 1.54) is 25.7 Å². The minimum Gasteiger partial charge on any atom is -0.381 e. The summed E-state index contributed by atoms with van der Waals surface area (Å²) in [4.78, 5) is 24.0. The monoisotopic (exact) mass is 420 g/mol. The van der Waals surface area contributed by atoms with Crippen LogP contribution in [0.4, 0.5) is 0 Å². The number of ether oxygens (including phenoxy) is 1. The Balaban J connectivity index is 1.22. The highest BCUT2D eigenvalue weighted by atomic mass is 16.5. The highest BCUT2D eigenvalue weighted by molar-refractivity contribution is 5.98. The quantitative estimate of drug-likeness (QED) is 0.529. The molecule has 1 saturated carbocycles. The van der Waals surface area contributed by atoms with Crippen molar-refractivity contribution in [2.75, 3.05) is 19.8 Å². The van der Waals surface area contributed by atoms with Crippen molar-refractivity contribution < 1.29 is 14.1 Å². The van der Waals surface area contributed by atoms with Gasteiger partial charge < -0.3 is 14.2 Å². The molecule has 7 nitrogen and oxygen atoms in total. The van der Waals surface area contributed by atoms with Crippen LogP contribution in [0.15, 0.2) is 41.1 Å². The summed E-state index contributed by atoms with van der Waals surface area (Å²) >= 11 is 0.